The second-order valence-corrected chi connectivity index (χ2v) is 6.42. The Morgan fingerprint density at radius 2 is 2.10 bits per heavy atom. The summed E-state index contributed by atoms with van der Waals surface area (Å²) in [5.41, 5.74) is 2.25. The van der Waals surface area contributed by atoms with Crippen molar-refractivity contribution in [3.8, 4) is 0 Å². The highest BCUT2D eigenvalue weighted by atomic mass is 16.6. The van der Waals surface area contributed by atoms with E-state index >= 15 is 0 Å². The molecule has 0 saturated heterocycles. The van der Waals surface area contributed by atoms with Crippen LogP contribution in [0.3, 0.4) is 0 Å². The van der Waals surface area contributed by atoms with Crippen LogP contribution >= 0.6 is 0 Å². The van der Waals surface area contributed by atoms with Gasteiger partial charge in [-0.15, -0.1) is 0 Å². The Morgan fingerprint density at radius 1 is 1.38 bits per heavy atom. The summed E-state index contributed by atoms with van der Waals surface area (Å²) in [6.45, 7) is 7.40. The van der Waals surface area contributed by atoms with Crippen LogP contribution in [0, 0.1) is 6.92 Å². The Hall–Kier alpha value is -1.97. The van der Waals surface area contributed by atoms with Crippen molar-refractivity contribution in [1.29, 1.82) is 0 Å². The van der Waals surface area contributed by atoms with E-state index in [1.54, 1.807) is 27.0 Å². The smallest absolute Gasteiger partial charge is 0.433 e. The van der Waals surface area contributed by atoms with E-state index in [-0.39, 0.29) is 11.7 Å². The number of nitrogens with zero attached hydrogens (tertiary/aromatic N) is 1. The number of fused-ring (bicyclic) bond motifs is 1. The SMILES string of the molecule is Cc1ccc2c(c1)[C@@H](/C=N/C(=O)OC(C)(C)C)CCC2=O. The number of aliphatic imine (C=N–C) groups is 1. The first-order valence-corrected chi connectivity index (χ1v) is 7.17. The Labute approximate surface area is 125 Å². The van der Waals surface area contributed by atoms with Crippen molar-refractivity contribution in [2.75, 3.05) is 0 Å². The zero-order valence-corrected chi connectivity index (χ0v) is 13.0. The minimum Gasteiger partial charge on any atom is -0.442 e. The number of amides is 1. The van der Waals surface area contributed by atoms with Gasteiger partial charge in [-0.2, -0.15) is 4.99 Å². The van der Waals surface area contributed by atoms with Crippen molar-refractivity contribution in [3.05, 3.63) is 34.9 Å². The second kappa shape index (κ2) is 5.80. The molecule has 1 aliphatic rings. The molecule has 0 fully saturated rings. The van der Waals surface area contributed by atoms with Crippen molar-refractivity contribution < 1.29 is 14.3 Å². The van der Waals surface area contributed by atoms with Crippen molar-refractivity contribution in [3.63, 3.8) is 0 Å². The zero-order valence-electron chi connectivity index (χ0n) is 13.0. The van der Waals surface area contributed by atoms with E-state index in [0.717, 1.165) is 16.7 Å². The predicted molar refractivity (Wildman–Crippen MR) is 82.2 cm³/mol. The molecule has 112 valence electrons. The lowest BCUT2D eigenvalue weighted by atomic mass is 9.82. The van der Waals surface area contributed by atoms with E-state index < -0.39 is 11.7 Å². The van der Waals surface area contributed by atoms with Gasteiger partial charge in [0.2, 0.25) is 0 Å². The number of carbonyl (C=O) groups excluding carboxylic acids is 2. The highest BCUT2D eigenvalue weighted by molar-refractivity contribution is 6.00. The molecule has 1 aromatic rings. The van der Waals surface area contributed by atoms with Gasteiger partial charge in [0.25, 0.3) is 0 Å². The molecule has 1 aliphatic carbocycles. The number of aryl methyl sites for hydroxylation is 1. The summed E-state index contributed by atoms with van der Waals surface area (Å²) in [6.07, 6.45) is 2.19. The van der Waals surface area contributed by atoms with Crippen molar-refractivity contribution >= 4 is 18.1 Å². The number of benzene rings is 1. The minimum atomic E-state index is -0.589. The molecule has 0 bridgehead atoms. The fourth-order valence-corrected chi connectivity index (χ4v) is 2.41. The van der Waals surface area contributed by atoms with Gasteiger partial charge < -0.3 is 4.74 Å². The molecule has 1 aromatic carbocycles. The summed E-state index contributed by atoms with van der Waals surface area (Å²) in [6, 6.07) is 5.79. The van der Waals surface area contributed by atoms with Crippen LogP contribution < -0.4 is 0 Å². The molecule has 2 rings (SSSR count). The minimum absolute atomic E-state index is 0.00915. The molecule has 4 nitrogen and oxygen atoms in total. The van der Waals surface area contributed by atoms with Crippen LogP contribution in [0.1, 0.15) is 61.0 Å². The zero-order chi connectivity index (χ0) is 15.6. The van der Waals surface area contributed by atoms with E-state index in [1.807, 2.05) is 25.1 Å². The molecule has 0 saturated carbocycles. The van der Waals surface area contributed by atoms with Gasteiger partial charge in [-0.25, -0.2) is 4.79 Å². The first-order valence-electron chi connectivity index (χ1n) is 7.17. The predicted octanol–water partition coefficient (Wildman–Crippen LogP) is 4.06. The quantitative estimate of drug-likeness (QED) is 0.732. The molecule has 0 spiro atoms. The van der Waals surface area contributed by atoms with E-state index in [0.29, 0.717) is 12.8 Å². The lowest BCUT2D eigenvalue weighted by Gasteiger charge is -2.22. The first-order chi connectivity index (χ1) is 9.76. The average molecular weight is 287 g/mol. The van der Waals surface area contributed by atoms with Crippen LogP contribution in [0.5, 0.6) is 0 Å². The summed E-state index contributed by atoms with van der Waals surface area (Å²) in [7, 11) is 0. The fourth-order valence-electron chi connectivity index (χ4n) is 2.41. The molecule has 0 N–H and O–H groups in total. The third kappa shape index (κ3) is 4.00. The third-order valence-electron chi connectivity index (χ3n) is 3.34. The van der Waals surface area contributed by atoms with Gasteiger partial charge in [0.1, 0.15) is 5.60 Å². The molecule has 1 atom stereocenters. The standard InChI is InChI=1S/C17H21NO3/c1-11-5-7-13-14(9-11)12(6-8-15(13)19)10-18-16(20)21-17(2,3)4/h5,7,9-10,12H,6,8H2,1-4H3/b18-10+/t12-/m1/s1. The maximum Gasteiger partial charge on any atom is 0.433 e. The Bertz CT molecular complexity index is 597. The summed E-state index contributed by atoms with van der Waals surface area (Å²) in [5.74, 6) is 0.150. The summed E-state index contributed by atoms with van der Waals surface area (Å²) < 4.78 is 5.16. The van der Waals surface area contributed by atoms with Gasteiger partial charge in [0.15, 0.2) is 5.78 Å². The number of rotatable bonds is 1. The summed E-state index contributed by atoms with van der Waals surface area (Å²) in [4.78, 5) is 27.5. The number of carbonyl (C=O) groups is 2. The van der Waals surface area contributed by atoms with Gasteiger partial charge in [0.05, 0.1) is 0 Å². The van der Waals surface area contributed by atoms with Crippen molar-refractivity contribution in [1.82, 2.24) is 0 Å². The molecule has 0 radical (unpaired) electrons. The Balaban J connectivity index is 2.19. The van der Waals surface area contributed by atoms with Gasteiger partial charge in [0, 0.05) is 24.1 Å². The summed E-state index contributed by atoms with van der Waals surface area (Å²) in [5, 5.41) is 0. The number of hydrogen-bond donors (Lipinski definition) is 0. The maximum absolute atomic E-state index is 11.9. The van der Waals surface area contributed by atoms with Crippen LogP contribution in [0.25, 0.3) is 0 Å². The van der Waals surface area contributed by atoms with E-state index in [4.69, 9.17) is 4.74 Å². The molecule has 0 aliphatic heterocycles. The van der Waals surface area contributed by atoms with Crippen LogP contribution in [0.2, 0.25) is 0 Å². The van der Waals surface area contributed by atoms with E-state index in [2.05, 4.69) is 4.99 Å². The number of hydrogen-bond acceptors (Lipinski definition) is 3. The molecule has 4 heteroatoms. The van der Waals surface area contributed by atoms with Crippen LogP contribution in [0.4, 0.5) is 4.79 Å². The highest BCUT2D eigenvalue weighted by Gasteiger charge is 2.25. The monoisotopic (exact) mass is 287 g/mol. The Kier molecular flexibility index (Phi) is 4.26. The van der Waals surface area contributed by atoms with Gasteiger partial charge in [-0.1, -0.05) is 23.8 Å². The molecule has 1 amide bonds. The molecular formula is C17H21NO3. The second-order valence-electron chi connectivity index (χ2n) is 6.42. The first kappa shape index (κ1) is 15.4. The average Bonchev–Trinajstić information content (AvgIpc) is 2.35. The third-order valence-corrected chi connectivity index (χ3v) is 3.34. The maximum atomic E-state index is 11.9. The number of ether oxygens (including phenoxy) is 1. The Morgan fingerprint density at radius 3 is 2.76 bits per heavy atom. The number of Topliss-reactive ketones (excluding diaryl/α,β-unsaturated/α-hetero) is 1. The van der Waals surface area contributed by atoms with Gasteiger partial charge in [-0.3, -0.25) is 4.79 Å². The molecule has 0 unspecified atom stereocenters. The topological polar surface area (TPSA) is 55.7 Å². The van der Waals surface area contributed by atoms with Crippen LogP contribution in [0.15, 0.2) is 23.2 Å². The lowest BCUT2D eigenvalue weighted by molar-refractivity contribution is 0.0604. The molecule has 21 heavy (non-hydrogen) atoms. The fraction of sp³-hybridized carbons (Fsp3) is 0.471. The molecule has 0 heterocycles. The van der Waals surface area contributed by atoms with Crippen molar-refractivity contribution in [2.45, 2.75) is 52.1 Å². The van der Waals surface area contributed by atoms with Crippen LogP contribution in [-0.2, 0) is 4.74 Å². The van der Waals surface area contributed by atoms with E-state index in [1.165, 1.54) is 0 Å². The van der Waals surface area contributed by atoms with Crippen molar-refractivity contribution in [2.24, 2.45) is 4.99 Å². The number of ketones is 1. The van der Waals surface area contributed by atoms with Gasteiger partial charge >= 0.3 is 6.09 Å². The normalized spacial score (nSPS) is 18.7. The van der Waals surface area contributed by atoms with E-state index in [9.17, 15) is 9.59 Å². The lowest BCUT2D eigenvalue weighted by Crippen LogP contribution is -2.22. The molecule has 0 aromatic heterocycles. The molecular weight excluding hydrogens is 266 g/mol. The largest absolute Gasteiger partial charge is 0.442 e. The summed E-state index contributed by atoms with van der Waals surface area (Å²) >= 11 is 0. The highest BCUT2D eigenvalue weighted by Crippen LogP contribution is 2.31. The van der Waals surface area contributed by atoms with Crippen LogP contribution in [-0.4, -0.2) is 23.7 Å². The van der Waals surface area contributed by atoms with Gasteiger partial charge in [-0.05, 0) is 39.7 Å².